The fourth-order valence-corrected chi connectivity index (χ4v) is 2.40. The SMILES string of the molecule is CNC(=O)c1ccc(SC(C)CCO)c(N)c1. The second-order valence-corrected chi connectivity index (χ2v) is 5.25. The van der Waals surface area contributed by atoms with E-state index in [1.54, 1.807) is 30.9 Å². The minimum atomic E-state index is -0.142. The molecule has 4 nitrogen and oxygen atoms in total. The molecule has 0 saturated carbocycles. The standard InChI is InChI=1S/C12H18N2O2S/c1-8(5-6-15)17-11-4-3-9(7-10(11)13)12(16)14-2/h3-4,7-8,15H,5-6,13H2,1-2H3,(H,14,16). The van der Waals surface area contributed by atoms with Gasteiger partial charge < -0.3 is 16.2 Å². The lowest BCUT2D eigenvalue weighted by atomic mass is 10.2. The van der Waals surface area contributed by atoms with Gasteiger partial charge in [-0.15, -0.1) is 11.8 Å². The highest BCUT2D eigenvalue weighted by Crippen LogP contribution is 2.30. The smallest absolute Gasteiger partial charge is 0.251 e. The van der Waals surface area contributed by atoms with Crippen LogP contribution in [0, 0.1) is 0 Å². The van der Waals surface area contributed by atoms with E-state index in [1.807, 2.05) is 13.0 Å². The lowest BCUT2D eigenvalue weighted by Crippen LogP contribution is -2.17. The van der Waals surface area contributed by atoms with Crippen LogP contribution in [-0.2, 0) is 0 Å². The molecular formula is C12H18N2O2S. The van der Waals surface area contributed by atoms with Gasteiger partial charge in [0.25, 0.3) is 5.91 Å². The van der Waals surface area contributed by atoms with Gasteiger partial charge in [-0.05, 0) is 24.6 Å². The molecule has 0 spiro atoms. The van der Waals surface area contributed by atoms with E-state index in [2.05, 4.69) is 5.32 Å². The van der Waals surface area contributed by atoms with Gasteiger partial charge in [0.1, 0.15) is 0 Å². The fraction of sp³-hybridized carbons (Fsp3) is 0.417. The Morgan fingerprint density at radius 3 is 2.82 bits per heavy atom. The number of amides is 1. The molecule has 1 unspecified atom stereocenters. The Kier molecular flexibility index (Phi) is 5.31. The van der Waals surface area contributed by atoms with Crippen LogP contribution in [0.3, 0.4) is 0 Å². The first kappa shape index (κ1) is 13.9. The van der Waals surface area contributed by atoms with Crippen molar-refractivity contribution in [1.82, 2.24) is 5.32 Å². The van der Waals surface area contributed by atoms with Crippen LogP contribution in [-0.4, -0.2) is 29.9 Å². The minimum Gasteiger partial charge on any atom is -0.398 e. The summed E-state index contributed by atoms with van der Waals surface area (Å²) >= 11 is 1.61. The normalized spacial score (nSPS) is 12.2. The molecule has 1 aromatic carbocycles. The van der Waals surface area contributed by atoms with Crippen molar-refractivity contribution >= 4 is 23.4 Å². The van der Waals surface area contributed by atoms with Gasteiger partial charge in [-0.2, -0.15) is 0 Å². The van der Waals surface area contributed by atoms with E-state index in [1.165, 1.54) is 0 Å². The predicted octanol–water partition coefficient (Wildman–Crippen LogP) is 1.49. The quantitative estimate of drug-likeness (QED) is 0.550. The summed E-state index contributed by atoms with van der Waals surface area (Å²) in [6.07, 6.45) is 0.724. The highest BCUT2D eigenvalue weighted by molar-refractivity contribution is 8.00. The molecule has 0 aliphatic carbocycles. The van der Waals surface area contributed by atoms with Crippen LogP contribution in [0.4, 0.5) is 5.69 Å². The molecule has 5 heteroatoms. The molecular weight excluding hydrogens is 236 g/mol. The van der Waals surface area contributed by atoms with E-state index in [-0.39, 0.29) is 12.5 Å². The Balaban J connectivity index is 2.79. The van der Waals surface area contributed by atoms with Gasteiger partial charge in [0.05, 0.1) is 0 Å². The topological polar surface area (TPSA) is 75.3 Å². The third kappa shape index (κ3) is 3.94. The number of aliphatic hydroxyl groups excluding tert-OH is 1. The summed E-state index contributed by atoms with van der Waals surface area (Å²) in [5.74, 6) is -0.142. The van der Waals surface area contributed by atoms with E-state index >= 15 is 0 Å². The van der Waals surface area contributed by atoms with Gasteiger partial charge in [0, 0.05) is 35.1 Å². The number of hydrogen-bond donors (Lipinski definition) is 3. The Morgan fingerprint density at radius 2 is 2.29 bits per heavy atom. The number of nitrogen functional groups attached to an aromatic ring is 1. The lowest BCUT2D eigenvalue weighted by Gasteiger charge is -2.12. The van der Waals surface area contributed by atoms with Crippen molar-refractivity contribution in [3.05, 3.63) is 23.8 Å². The third-order valence-electron chi connectivity index (χ3n) is 2.36. The molecule has 4 N–H and O–H groups in total. The number of thioether (sulfide) groups is 1. The van der Waals surface area contributed by atoms with Crippen molar-refractivity contribution in [2.24, 2.45) is 0 Å². The summed E-state index contributed by atoms with van der Waals surface area (Å²) in [5.41, 5.74) is 7.05. The first-order valence-electron chi connectivity index (χ1n) is 5.47. The van der Waals surface area contributed by atoms with Crippen LogP contribution in [0.1, 0.15) is 23.7 Å². The van der Waals surface area contributed by atoms with Crippen molar-refractivity contribution in [1.29, 1.82) is 0 Å². The molecule has 0 aliphatic heterocycles. The summed E-state index contributed by atoms with van der Waals surface area (Å²) in [6, 6.07) is 5.27. The Hall–Kier alpha value is -1.20. The number of carbonyl (C=O) groups excluding carboxylic acids is 1. The molecule has 1 amide bonds. The molecule has 1 atom stereocenters. The van der Waals surface area contributed by atoms with E-state index in [9.17, 15) is 4.79 Å². The van der Waals surface area contributed by atoms with Gasteiger partial charge in [-0.3, -0.25) is 4.79 Å². The van der Waals surface area contributed by atoms with Gasteiger partial charge in [-0.1, -0.05) is 6.92 Å². The minimum absolute atomic E-state index is 0.142. The largest absolute Gasteiger partial charge is 0.398 e. The highest BCUT2D eigenvalue weighted by Gasteiger charge is 2.09. The molecule has 1 aromatic rings. The molecule has 0 fully saturated rings. The first-order chi connectivity index (χ1) is 8.08. The summed E-state index contributed by atoms with van der Waals surface area (Å²) in [7, 11) is 1.59. The average molecular weight is 254 g/mol. The van der Waals surface area contributed by atoms with Gasteiger partial charge in [-0.25, -0.2) is 0 Å². The number of carbonyl (C=O) groups is 1. The van der Waals surface area contributed by atoms with E-state index in [0.717, 1.165) is 11.3 Å². The zero-order valence-electron chi connectivity index (χ0n) is 10.1. The number of aliphatic hydroxyl groups is 1. The third-order valence-corrected chi connectivity index (χ3v) is 3.63. The molecule has 0 saturated heterocycles. The first-order valence-corrected chi connectivity index (χ1v) is 6.35. The van der Waals surface area contributed by atoms with Gasteiger partial charge >= 0.3 is 0 Å². The van der Waals surface area contributed by atoms with Crippen LogP contribution < -0.4 is 11.1 Å². The lowest BCUT2D eigenvalue weighted by molar-refractivity contribution is 0.0963. The molecule has 94 valence electrons. The van der Waals surface area contributed by atoms with Crippen molar-refractivity contribution in [3.8, 4) is 0 Å². The van der Waals surface area contributed by atoms with Crippen LogP contribution in [0.5, 0.6) is 0 Å². The molecule has 0 bridgehead atoms. The van der Waals surface area contributed by atoms with Crippen molar-refractivity contribution in [2.45, 2.75) is 23.5 Å². The second-order valence-electron chi connectivity index (χ2n) is 3.77. The number of rotatable bonds is 5. The van der Waals surface area contributed by atoms with Gasteiger partial charge in [0.15, 0.2) is 0 Å². The van der Waals surface area contributed by atoms with Crippen molar-refractivity contribution in [3.63, 3.8) is 0 Å². The van der Waals surface area contributed by atoms with Crippen molar-refractivity contribution in [2.75, 3.05) is 19.4 Å². The number of anilines is 1. The number of nitrogens with one attached hydrogen (secondary N) is 1. The maximum absolute atomic E-state index is 11.4. The molecule has 0 radical (unpaired) electrons. The summed E-state index contributed by atoms with van der Waals surface area (Å²) in [6.45, 7) is 2.21. The zero-order valence-corrected chi connectivity index (χ0v) is 10.9. The van der Waals surface area contributed by atoms with Crippen LogP contribution >= 0.6 is 11.8 Å². The Labute approximate surface area is 106 Å². The van der Waals surface area contributed by atoms with Crippen LogP contribution in [0.2, 0.25) is 0 Å². The summed E-state index contributed by atoms with van der Waals surface area (Å²) in [4.78, 5) is 12.3. The van der Waals surface area contributed by atoms with E-state index < -0.39 is 0 Å². The average Bonchev–Trinajstić information content (AvgIpc) is 2.31. The number of benzene rings is 1. The summed E-state index contributed by atoms with van der Waals surface area (Å²) in [5, 5.41) is 11.7. The molecule has 0 aromatic heterocycles. The van der Waals surface area contributed by atoms with Gasteiger partial charge in [0.2, 0.25) is 0 Å². The monoisotopic (exact) mass is 254 g/mol. The summed E-state index contributed by atoms with van der Waals surface area (Å²) < 4.78 is 0. The zero-order chi connectivity index (χ0) is 12.8. The molecule has 0 aliphatic rings. The van der Waals surface area contributed by atoms with E-state index in [4.69, 9.17) is 10.8 Å². The molecule has 1 rings (SSSR count). The fourth-order valence-electron chi connectivity index (χ4n) is 1.40. The van der Waals surface area contributed by atoms with E-state index in [0.29, 0.717) is 16.5 Å². The molecule has 17 heavy (non-hydrogen) atoms. The predicted molar refractivity (Wildman–Crippen MR) is 71.3 cm³/mol. The second kappa shape index (κ2) is 6.51. The Morgan fingerprint density at radius 1 is 1.59 bits per heavy atom. The van der Waals surface area contributed by atoms with Crippen LogP contribution in [0.25, 0.3) is 0 Å². The number of nitrogens with two attached hydrogens (primary N) is 1. The van der Waals surface area contributed by atoms with Crippen LogP contribution in [0.15, 0.2) is 23.1 Å². The Bertz CT molecular complexity index is 396. The number of hydrogen-bond acceptors (Lipinski definition) is 4. The van der Waals surface area contributed by atoms with Crippen molar-refractivity contribution < 1.29 is 9.90 Å². The highest BCUT2D eigenvalue weighted by atomic mass is 32.2. The maximum atomic E-state index is 11.4. The maximum Gasteiger partial charge on any atom is 0.251 e. The molecule has 0 heterocycles.